The van der Waals surface area contributed by atoms with Crippen LogP contribution < -0.4 is 15.4 Å². The van der Waals surface area contributed by atoms with Gasteiger partial charge < -0.3 is 15.4 Å². The number of anilines is 1. The molecule has 0 spiro atoms. The number of rotatable bonds is 10. The maximum absolute atomic E-state index is 13.2. The lowest BCUT2D eigenvalue weighted by molar-refractivity contribution is -0.113. The van der Waals surface area contributed by atoms with Gasteiger partial charge in [-0.2, -0.15) is 0 Å². The first-order valence-electron chi connectivity index (χ1n) is 12.0. The van der Waals surface area contributed by atoms with Crippen molar-refractivity contribution in [2.75, 3.05) is 18.2 Å². The normalized spacial score (nSPS) is 11.0. The van der Waals surface area contributed by atoms with Crippen LogP contribution in [0.1, 0.15) is 26.3 Å². The van der Waals surface area contributed by atoms with Gasteiger partial charge in [-0.15, -0.1) is 11.8 Å². The molecule has 39 heavy (non-hydrogen) atoms. The van der Waals surface area contributed by atoms with Crippen molar-refractivity contribution >= 4 is 52.7 Å². The molecule has 0 aliphatic rings. The Hall–Kier alpha value is -4.33. The van der Waals surface area contributed by atoms with Crippen molar-refractivity contribution in [2.45, 2.75) is 4.90 Å². The molecule has 0 fully saturated rings. The summed E-state index contributed by atoms with van der Waals surface area (Å²) in [6.07, 6.45) is 1.58. The lowest BCUT2D eigenvalue weighted by Gasteiger charge is -2.12. The van der Waals surface area contributed by atoms with Crippen molar-refractivity contribution in [3.63, 3.8) is 0 Å². The summed E-state index contributed by atoms with van der Waals surface area (Å²) >= 11 is 7.39. The van der Waals surface area contributed by atoms with Crippen LogP contribution in [0, 0.1) is 0 Å². The number of ketones is 1. The summed E-state index contributed by atoms with van der Waals surface area (Å²) in [4.78, 5) is 39.3. The van der Waals surface area contributed by atoms with Crippen LogP contribution >= 0.6 is 23.4 Å². The minimum absolute atomic E-state index is 0.00571. The van der Waals surface area contributed by atoms with Crippen LogP contribution in [0.15, 0.2) is 114 Å². The van der Waals surface area contributed by atoms with E-state index in [9.17, 15) is 14.4 Å². The van der Waals surface area contributed by atoms with Crippen molar-refractivity contribution in [2.24, 2.45) is 0 Å². The molecule has 6 nitrogen and oxygen atoms in total. The fourth-order valence-electron chi connectivity index (χ4n) is 3.51. The van der Waals surface area contributed by atoms with E-state index >= 15 is 0 Å². The third kappa shape index (κ3) is 8.07. The molecule has 2 N–H and O–H groups in total. The highest BCUT2D eigenvalue weighted by Gasteiger charge is 2.15. The summed E-state index contributed by atoms with van der Waals surface area (Å²) in [5.41, 5.74) is 2.37. The van der Waals surface area contributed by atoms with Crippen LogP contribution in [0.2, 0.25) is 5.02 Å². The van der Waals surface area contributed by atoms with Crippen molar-refractivity contribution < 1.29 is 19.1 Å². The van der Waals surface area contributed by atoms with E-state index in [0.29, 0.717) is 33.1 Å². The number of carbonyl (C=O) groups is 3. The summed E-state index contributed by atoms with van der Waals surface area (Å²) in [6.45, 7) is 0. The molecule has 196 valence electrons. The monoisotopic (exact) mass is 556 g/mol. The highest BCUT2D eigenvalue weighted by Crippen LogP contribution is 2.23. The molecular weight excluding hydrogens is 532 g/mol. The number of benzene rings is 4. The van der Waals surface area contributed by atoms with Gasteiger partial charge in [-0.25, -0.2) is 0 Å². The lowest BCUT2D eigenvalue weighted by Crippen LogP contribution is -2.30. The Bertz CT molecular complexity index is 1470. The van der Waals surface area contributed by atoms with Gasteiger partial charge in [0.15, 0.2) is 5.78 Å². The molecule has 0 saturated heterocycles. The number of hydrogen-bond acceptors (Lipinski definition) is 5. The number of Topliss-reactive ketones (excluding diaryl/α,β-unsaturated/α-hetero) is 1. The largest absolute Gasteiger partial charge is 0.497 e. The topological polar surface area (TPSA) is 84.5 Å². The second-order valence-corrected chi connectivity index (χ2v) is 9.83. The Morgan fingerprint density at radius 1 is 0.821 bits per heavy atom. The first-order chi connectivity index (χ1) is 18.9. The van der Waals surface area contributed by atoms with E-state index in [1.54, 1.807) is 98.1 Å². The van der Waals surface area contributed by atoms with E-state index in [4.69, 9.17) is 16.3 Å². The minimum Gasteiger partial charge on any atom is -0.497 e. The van der Waals surface area contributed by atoms with E-state index in [-0.39, 0.29) is 17.2 Å². The molecule has 0 aliphatic carbocycles. The van der Waals surface area contributed by atoms with Crippen LogP contribution in [-0.4, -0.2) is 30.5 Å². The van der Waals surface area contributed by atoms with Gasteiger partial charge in [-0.05, 0) is 84.4 Å². The molecule has 0 saturated carbocycles. The molecule has 8 heteroatoms. The number of ether oxygens (including phenoxy) is 1. The second kappa shape index (κ2) is 13.5. The second-order valence-electron chi connectivity index (χ2n) is 8.35. The smallest absolute Gasteiger partial charge is 0.272 e. The average molecular weight is 557 g/mol. The van der Waals surface area contributed by atoms with Crippen LogP contribution in [0.4, 0.5) is 5.69 Å². The highest BCUT2D eigenvalue weighted by molar-refractivity contribution is 8.00. The van der Waals surface area contributed by atoms with Crippen LogP contribution in [0.5, 0.6) is 5.75 Å². The number of halogens is 1. The quantitative estimate of drug-likeness (QED) is 0.128. The van der Waals surface area contributed by atoms with Crippen molar-refractivity contribution in [3.05, 3.63) is 131 Å². The Balaban J connectivity index is 1.42. The molecule has 0 aromatic heterocycles. The molecule has 4 rings (SSSR count). The molecule has 0 atom stereocenters. The van der Waals surface area contributed by atoms with E-state index in [1.165, 1.54) is 11.8 Å². The van der Waals surface area contributed by atoms with Gasteiger partial charge in [-0.3, -0.25) is 14.4 Å². The van der Waals surface area contributed by atoms with Crippen LogP contribution in [0.3, 0.4) is 0 Å². The van der Waals surface area contributed by atoms with Crippen molar-refractivity contribution in [1.29, 1.82) is 0 Å². The predicted octanol–water partition coefficient (Wildman–Crippen LogP) is 6.73. The van der Waals surface area contributed by atoms with Crippen molar-refractivity contribution in [1.82, 2.24) is 5.32 Å². The lowest BCUT2D eigenvalue weighted by atomic mass is 10.1. The predicted molar refractivity (Wildman–Crippen MR) is 156 cm³/mol. The van der Waals surface area contributed by atoms with E-state index in [0.717, 1.165) is 4.90 Å². The van der Waals surface area contributed by atoms with Crippen LogP contribution in [-0.2, 0) is 4.79 Å². The van der Waals surface area contributed by atoms with Crippen LogP contribution in [0.25, 0.3) is 6.08 Å². The zero-order chi connectivity index (χ0) is 27.6. The fraction of sp³-hybridized carbons (Fsp3) is 0.0645. The number of thioether (sulfide) groups is 1. The van der Waals surface area contributed by atoms with Gasteiger partial charge in [0.2, 0.25) is 0 Å². The maximum Gasteiger partial charge on any atom is 0.272 e. The molecule has 4 aromatic carbocycles. The number of nitrogens with one attached hydrogen (secondary N) is 2. The van der Waals surface area contributed by atoms with Gasteiger partial charge in [0.05, 0.1) is 12.9 Å². The summed E-state index contributed by atoms with van der Waals surface area (Å²) < 4.78 is 5.13. The number of amides is 2. The highest BCUT2D eigenvalue weighted by atomic mass is 35.5. The summed E-state index contributed by atoms with van der Waals surface area (Å²) in [6, 6.07) is 29.7. The van der Waals surface area contributed by atoms with Crippen molar-refractivity contribution in [3.8, 4) is 5.75 Å². The van der Waals surface area contributed by atoms with E-state index in [2.05, 4.69) is 10.6 Å². The summed E-state index contributed by atoms with van der Waals surface area (Å²) in [7, 11) is 1.58. The third-order valence-corrected chi connectivity index (χ3v) is 6.87. The SMILES string of the molecule is COc1ccc(C(=O)CSc2ccc(NC(=O)/C(=C/c3ccc(Cl)cc3)NC(=O)c3ccccc3)cc2)cc1. The number of carbonyl (C=O) groups excluding carboxylic acids is 3. The van der Waals surface area contributed by atoms with Gasteiger partial charge in [0.1, 0.15) is 11.4 Å². The Morgan fingerprint density at radius 2 is 1.49 bits per heavy atom. The minimum atomic E-state index is -0.482. The van der Waals surface area contributed by atoms with Gasteiger partial charge in [-0.1, -0.05) is 41.9 Å². The zero-order valence-corrected chi connectivity index (χ0v) is 22.6. The zero-order valence-electron chi connectivity index (χ0n) is 21.0. The molecule has 0 bridgehead atoms. The molecule has 0 aliphatic heterocycles. The Labute approximate surface area is 236 Å². The Morgan fingerprint density at radius 3 is 2.13 bits per heavy atom. The Kier molecular flexibility index (Phi) is 9.56. The molecule has 0 radical (unpaired) electrons. The summed E-state index contributed by atoms with van der Waals surface area (Å²) in [5.74, 6) is 0.0923. The molecule has 0 unspecified atom stereocenters. The first kappa shape index (κ1) is 27.7. The standard InChI is InChI=1S/C31H25ClN2O4S/c1-38-26-15-9-22(10-16-26)29(35)20-39-27-17-13-25(14-18-27)33-31(37)28(19-21-7-11-24(32)12-8-21)34-30(36)23-5-3-2-4-6-23/h2-19H,20H2,1H3,(H,33,37)(H,34,36)/b28-19-. The average Bonchev–Trinajstić information content (AvgIpc) is 2.97. The van der Waals surface area contributed by atoms with E-state index in [1.807, 2.05) is 18.2 Å². The summed E-state index contributed by atoms with van der Waals surface area (Å²) in [5, 5.41) is 6.10. The molecule has 4 aromatic rings. The van der Waals surface area contributed by atoms with Gasteiger partial charge in [0, 0.05) is 26.7 Å². The fourth-order valence-corrected chi connectivity index (χ4v) is 4.43. The molecule has 2 amide bonds. The van der Waals surface area contributed by atoms with E-state index < -0.39 is 11.8 Å². The van der Waals surface area contributed by atoms with Gasteiger partial charge in [0.25, 0.3) is 11.8 Å². The third-order valence-electron chi connectivity index (χ3n) is 5.60. The number of hydrogen-bond donors (Lipinski definition) is 2. The van der Waals surface area contributed by atoms with Gasteiger partial charge >= 0.3 is 0 Å². The first-order valence-corrected chi connectivity index (χ1v) is 13.3. The molecule has 0 heterocycles. The number of methoxy groups -OCH3 is 1. The molecular formula is C31H25ClN2O4S. The maximum atomic E-state index is 13.2.